The summed E-state index contributed by atoms with van der Waals surface area (Å²) in [5.74, 6) is -1.31. The number of carbonyl (C=O) groups is 1. The zero-order valence-corrected chi connectivity index (χ0v) is 11.6. The van der Waals surface area contributed by atoms with Gasteiger partial charge in [-0.15, -0.1) is 11.3 Å². The van der Waals surface area contributed by atoms with E-state index in [1.807, 2.05) is 0 Å². The summed E-state index contributed by atoms with van der Waals surface area (Å²) in [5.41, 5.74) is -0.659. The van der Waals surface area contributed by atoms with Gasteiger partial charge in [-0.25, -0.2) is 9.78 Å². The number of halogens is 3. The second kappa shape index (κ2) is 5.72. The maximum Gasteiger partial charge on any atom is 0.416 e. The number of nitrogens with zero attached hydrogens (tertiary/aromatic N) is 1. The van der Waals surface area contributed by atoms with E-state index in [0.29, 0.717) is 0 Å². The average molecular weight is 317 g/mol. The van der Waals surface area contributed by atoms with Crippen LogP contribution < -0.4 is 0 Å². The second-order valence-electron chi connectivity index (χ2n) is 3.97. The number of carbonyl (C=O) groups excluding carboxylic acids is 1. The first-order chi connectivity index (χ1) is 9.82. The number of rotatable bonds is 3. The van der Waals surface area contributed by atoms with Gasteiger partial charge in [0.15, 0.2) is 4.88 Å². The summed E-state index contributed by atoms with van der Waals surface area (Å²) in [5, 5.41) is 9.71. The van der Waals surface area contributed by atoms with Crippen LogP contribution >= 0.6 is 11.3 Å². The number of hydrogen-bond donors (Lipinski definition) is 1. The third-order valence-corrected chi connectivity index (χ3v) is 3.58. The van der Waals surface area contributed by atoms with Crippen LogP contribution in [0.3, 0.4) is 0 Å². The molecule has 21 heavy (non-hydrogen) atoms. The molecule has 0 saturated carbocycles. The highest BCUT2D eigenvalue weighted by Crippen LogP contribution is 2.36. The zero-order valence-electron chi connectivity index (χ0n) is 10.8. The van der Waals surface area contributed by atoms with E-state index in [9.17, 15) is 23.1 Å². The normalized spacial score (nSPS) is 11.4. The minimum Gasteiger partial charge on any atom is -0.492 e. The van der Waals surface area contributed by atoms with Crippen LogP contribution in [0.2, 0.25) is 0 Å². The maximum absolute atomic E-state index is 12.7. The van der Waals surface area contributed by atoms with Crippen molar-refractivity contribution in [2.45, 2.75) is 13.1 Å². The average Bonchev–Trinajstić information content (AvgIpc) is 2.80. The summed E-state index contributed by atoms with van der Waals surface area (Å²) in [7, 11) is 0. The minimum atomic E-state index is -4.47. The van der Waals surface area contributed by atoms with Gasteiger partial charge in [0.2, 0.25) is 5.88 Å². The van der Waals surface area contributed by atoms with E-state index in [1.165, 1.54) is 12.1 Å². The molecule has 0 bridgehead atoms. The Hall–Kier alpha value is -2.09. The van der Waals surface area contributed by atoms with Crippen LogP contribution in [0.15, 0.2) is 24.3 Å². The zero-order chi connectivity index (χ0) is 15.6. The molecule has 0 unspecified atom stereocenters. The molecule has 0 aliphatic heterocycles. The Morgan fingerprint density at radius 2 is 2.14 bits per heavy atom. The van der Waals surface area contributed by atoms with Crippen molar-refractivity contribution in [2.75, 3.05) is 6.61 Å². The number of alkyl halides is 3. The van der Waals surface area contributed by atoms with Gasteiger partial charge in [0.1, 0.15) is 5.01 Å². The molecular weight excluding hydrogens is 307 g/mol. The van der Waals surface area contributed by atoms with Crippen molar-refractivity contribution < 1.29 is 27.8 Å². The molecule has 1 heterocycles. The fourth-order valence-electron chi connectivity index (χ4n) is 1.59. The topological polar surface area (TPSA) is 59.4 Å². The number of aromatic hydroxyl groups is 1. The molecule has 1 N–H and O–H groups in total. The summed E-state index contributed by atoms with van der Waals surface area (Å²) < 4.78 is 42.7. The monoisotopic (exact) mass is 317 g/mol. The largest absolute Gasteiger partial charge is 0.492 e. The third-order valence-electron chi connectivity index (χ3n) is 2.51. The van der Waals surface area contributed by atoms with E-state index in [1.54, 1.807) is 6.92 Å². The van der Waals surface area contributed by atoms with Crippen LogP contribution in [0.1, 0.15) is 22.2 Å². The molecule has 0 radical (unpaired) electrons. The molecular formula is C13H10F3NO3S. The van der Waals surface area contributed by atoms with Crippen molar-refractivity contribution in [3.63, 3.8) is 0 Å². The van der Waals surface area contributed by atoms with Crippen LogP contribution in [-0.2, 0) is 10.9 Å². The van der Waals surface area contributed by atoms with Crippen LogP contribution in [0.5, 0.6) is 5.88 Å². The predicted octanol–water partition coefficient (Wildman–Crippen LogP) is 3.71. The predicted molar refractivity (Wildman–Crippen MR) is 70.2 cm³/mol. The number of ether oxygens (including phenoxy) is 1. The highest BCUT2D eigenvalue weighted by Gasteiger charge is 2.31. The maximum atomic E-state index is 12.7. The lowest BCUT2D eigenvalue weighted by Crippen LogP contribution is -2.04. The van der Waals surface area contributed by atoms with Gasteiger partial charge in [-0.1, -0.05) is 12.1 Å². The Bertz CT molecular complexity index is 667. The van der Waals surface area contributed by atoms with Crippen LogP contribution in [0.4, 0.5) is 13.2 Å². The van der Waals surface area contributed by atoms with Gasteiger partial charge in [-0.3, -0.25) is 0 Å². The molecule has 1 aromatic heterocycles. The number of aromatic nitrogens is 1. The molecule has 0 aliphatic rings. The Kier molecular flexibility index (Phi) is 4.17. The van der Waals surface area contributed by atoms with Gasteiger partial charge in [0, 0.05) is 5.56 Å². The molecule has 2 rings (SSSR count). The lowest BCUT2D eigenvalue weighted by molar-refractivity contribution is -0.137. The lowest BCUT2D eigenvalue weighted by atomic mass is 10.1. The van der Waals surface area contributed by atoms with Crippen molar-refractivity contribution in [2.24, 2.45) is 0 Å². The number of esters is 1. The first-order valence-electron chi connectivity index (χ1n) is 5.87. The quantitative estimate of drug-likeness (QED) is 0.877. The summed E-state index contributed by atoms with van der Waals surface area (Å²) in [6.07, 6.45) is -4.47. The Balaban J connectivity index is 2.40. The molecule has 2 aromatic rings. The molecule has 4 nitrogen and oxygen atoms in total. The highest BCUT2D eigenvalue weighted by molar-refractivity contribution is 7.17. The van der Waals surface area contributed by atoms with Crippen molar-refractivity contribution in [3.05, 3.63) is 34.7 Å². The van der Waals surface area contributed by atoms with E-state index in [4.69, 9.17) is 4.74 Å². The van der Waals surface area contributed by atoms with Crippen LogP contribution in [0, 0.1) is 0 Å². The van der Waals surface area contributed by atoms with Gasteiger partial charge in [0.05, 0.1) is 12.2 Å². The van der Waals surface area contributed by atoms with Gasteiger partial charge in [-0.2, -0.15) is 13.2 Å². The number of benzene rings is 1. The van der Waals surface area contributed by atoms with Crippen LogP contribution in [-0.4, -0.2) is 22.7 Å². The van der Waals surface area contributed by atoms with E-state index in [-0.39, 0.29) is 22.1 Å². The van der Waals surface area contributed by atoms with E-state index in [0.717, 1.165) is 23.5 Å². The fraction of sp³-hybridized carbons (Fsp3) is 0.231. The molecule has 0 spiro atoms. The highest BCUT2D eigenvalue weighted by atomic mass is 32.1. The molecule has 0 saturated heterocycles. The smallest absolute Gasteiger partial charge is 0.416 e. The summed E-state index contributed by atoms with van der Waals surface area (Å²) >= 11 is 0.777. The summed E-state index contributed by atoms with van der Waals surface area (Å²) in [6, 6.07) is 4.50. The first kappa shape index (κ1) is 15.3. The van der Waals surface area contributed by atoms with Gasteiger partial charge < -0.3 is 9.84 Å². The molecule has 8 heteroatoms. The van der Waals surface area contributed by atoms with Gasteiger partial charge >= 0.3 is 12.1 Å². The van der Waals surface area contributed by atoms with E-state index in [2.05, 4.69) is 4.98 Å². The van der Waals surface area contributed by atoms with Crippen molar-refractivity contribution in [3.8, 4) is 16.5 Å². The SMILES string of the molecule is CCOC(=O)c1sc(-c2cccc(C(F)(F)F)c2)nc1O. The van der Waals surface area contributed by atoms with Crippen molar-refractivity contribution in [1.82, 2.24) is 4.98 Å². The van der Waals surface area contributed by atoms with E-state index < -0.39 is 23.6 Å². The molecule has 0 atom stereocenters. The minimum absolute atomic E-state index is 0.113. The van der Waals surface area contributed by atoms with E-state index >= 15 is 0 Å². The van der Waals surface area contributed by atoms with Crippen molar-refractivity contribution in [1.29, 1.82) is 0 Å². The fourth-order valence-corrected chi connectivity index (χ4v) is 2.44. The summed E-state index contributed by atoms with van der Waals surface area (Å²) in [4.78, 5) is 15.1. The van der Waals surface area contributed by atoms with Gasteiger partial charge in [0.25, 0.3) is 0 Å². The molecule has 1 aromatic carbocycles. The number of thiazole rings is 1. The van der Waals surface area contributed by atoms with Gasteiger partial charge in [-0.05, 0) is 19.1 Å². The standard InChI is InChI=1S/C13H10F3NO3S/c1-2-20-12(19)9-10(18)17-11(21-9)7-4-3-5-8(6-7)13(14,15)16/h3-6,18H,2H2,1H3. The van der Waals surface area contributed by atoms with Crippen LogP contribution in [0.25, 0.3) is 10.6 Å². The Labute approximate surface area is 121 Å². The molecule has 0 fully saturated rings. The second-order valence-corrected chi connectivity index (χ2v) is 4.97. The Morgan fingerprint density at radius 3 is 2.76 bits per heavy atom. The molecule has 112 valence electrons. The lowest BCUT2D eigenvalue weighted by Gasteiger charge is -2.07. The molecule has 0 aliphatic carbocycles. The first-order valence-corrected chi connectivity index (χ1v) is 6.69. The summed E-state index contributed by atoms with van der Waals surface area (Å²) in [6.45, 7) is 1.72. The number of hydrogen-bond acceptors (Lipinski definition) is 5. The third kappa shape index (κ3) is 3.33. The van der Waals surface area contributed by atoms with Crippen molar-refractivity contribution >= 4 is 17.3 Å². The Morgan fingerprint density at radius 1 is 1.43 bits per heavy atom. The molecule has 0 amide bonds.